The van der Waals surface area contributed by atoms with Crippen LogP contribution in [0.15, 0.2) is 18.2 Å². The predicted octanol–water partition coefficient (Wildman–Crippen LogP) is 3.97. The van der Waals surface area contributed by atoms with Crippen molar-refractivity contribution in [3.8, 4) is 5.75 Å². The van der Waals surface area contributed by atoms with Gasteiger partial charge in [0, 0.05) is 5.02 Å². The monoisotopic (exact) mass is 280 g/mol. The van der Waals surface area contributed by atoms with Crippen molar-refractivity contribution in [2.24, 2.45) is 11.7 Å². The van der Waals surface area contributed by atoms with Crippen LogP contribution < -0.4 is 10.5 Å². The molecular weight excluding hydrogens is 260 g/mol. The van der Waals surface area contributed by atoms with Crippen molar-refractivity contribution in [2.45, 2.75) is 45.1 Å². The molecule has 1 aliphatic carbocycles. The molecule has 0 bridgehead atoms. The highest BCUT2D eigenvalue weighted by atomic mass is 35.5. The number of amidine groups is 1. The van der Waals surface area contributed by atoms with Crippen LogP contribution in [0.3, 0.4) is 0 Å². The summed E-state index contributed by atoms with van der Waals surface area (Å²) in [6.45, 7) is 2.23. The van der Waals surface area contributed by atoms with Crippen molar-refractivity contribution in [1.29, 1.82) is 5.41 Å². The Kier molecular flexibility index (Phi) is 4.70. The molecule has 2 rings (SSSR count). The lowest BCUT2D eigenvalue weighted by atomic mass is 9.85. The topological polar surface area (TPSA) is 59.1 Å². The number of nitrogens with one attached hydrogen (secondary N) is 1. The number of benzene rings is 1. The molecule has 1 fully saturated rings. The van der Waals surface area contributed by atoms with Crippen LogP contribution in [0, 0.1) is 11.3 Å². The maximum atomic E-state index is 7.61. The van der Waals surface area contributed by atoms with E-state index in [1.807, 2.05) is 6.07 Å². The Labute approximate surface area is 119 Å². The van der Waals surface area contributed by atoms with Crippen molar-refractivity contribution in [3.05, 3.63) is 28.8 Å². The van der Waals surface area contributed by atoms with Crippen LogP contribution in [-0.4, -0.2) is 11.9 Å². The Balaban J connectivity index is 2.12. The fraction of sp³-hybridized carbons (Fsp3) is 0.533. The molecule has 1 aliphatic rings. The van der Waals surface area contributed by atoms with E-state index in [0.29, 0.717) is 16.3 Å². The second-order valence-electron chi connectivity index (χ2n) is 5.23. The first-order chi connectivity index (χ1) is 9.10. The van der Waals surface area contributed by atoms with Gasteiger partial charge >= 0.3 is 0 Å². The summed E-state index contributed by atoms with van der Waals surface area (Å²) in [5.74, 6) is 1.44. The molecule has 3 N–H and O–H groups in total. The van der Waals surface area contributed by atoms with Crippen molar-refractivity contribution < 1.29 is 4.74 Å². The predicted molar refractivity (Wildman–Crippen MR) is 79.1 cm³/mol. The molecule has 2 atom stereocenters. The molecular formula is C15H21ClN2O. The fourth-order valence-electron chi connectivity index (χ4n) is 2.71. The summed E-state index contributed by atoms with van der Waals surface area (Å²) < 4.78 is 6.06. The van der Waals surface area contributed by atoms with Gasteiger partial charge in [-0.25, -0.2) is 0 Å². The molecule has 104 valence electrons. The van der Waals surface area contributed by atoms with Crippen LogP contribution in [0.2, 0.25) is 5.02 Å². The zero-order valence-corrected chi connectivity index (χ0v) is 12.0. The normalized spacial score (nSPS) is 23.1. The standard InChI is InChI=1S/C15H21ClN2O/c1-2-10-4-3-5-12(8-10)19-14-7-6-11(16)9-13(14)15(17)18/h6-7,9-10,12H,2-5,8H2,1H3,(H3,17,18). The average molecular weight is 281 g/mol. The number of hydrogen-bond acceptors (Lipinski definition) is 2. The molecule has 0 aromatic heterocycles. The van der Waals surface area contributed by atoms with Gasteiger partial charge in [0.1, 0.15) is 11.6 Å². The maximum absolute atomic E-state index is 7.61. The Bertz CT molecular complexity index is 461. The number of nitrogen functional groups attached to an aromatic ring is 1. The molecule has 2 unspecified atom stereocenters. The highest BCUT2D eigenvalue weighted by Crippen LogP contribution is 2.31. The molecule has 0 saturated heterocycles. The second-order valence-corrected chi connectivity index (χ2v) is 5.67. The van der Waals surface area contributed by atoms with Gasteiger partial charge < -0.3 is 10.5 Å². The molecule has 1 saturated carbocycles. The average Bonchev–Trinajstić information content (AvgIpc) is 2.41. The molecule has 19 heavy (non-hydrogen) atoms. The summed E-state index contributed by atoms with van der Waals surface area (Å²) in [5.41, 5.74) is 6.18. The van der Waals surface area contributed by atoms with Gasteiger partial charge in [-0.2, -0.15) is 0 Å². The third-order valence-electron chi connectivity index (χ3n) is 3.84. The van der Waals surface area contributed by atoms with Gasteiger partial charge in [0.15, 0.2) is 0 Å². The largest absolute Gasteiger partial charge is 0.490 e. The van der Waals surface area contributed by atoms with Gasteiger partial charge in [-0.1, -0.05) is 31.4 Å². The molecule has 0 heterocycles. The number of halogens is 1. The van der Waals surface area contributed by atoms with Gasteiger partial charge in [-0.15, -0.1) is 0 Å². The first-order valence-corrected chi connectivity index (χ1v) is 7.28. The number of ether oxygens (including phenoxy) is 1. The van der Waals surface area contributed by atoms with Crippen molar-refractivity contribution >= 4 is 17.4 Å². The van der Waals surface area contributed by atoms with E-state index in [2.05, 4.69) is 6.92 Å². The molecule has 3 nitrogen and oxygen atoms in total. The second kappa shape index (κ2) is 6.29. The first kappa shape index (κ1) is 14.2. The van der Waals surface area contributed by atoms with Crippen molar-refractivity contribution in [1.82, 2.24) is 0 Å². The summed E-state index contributed by atoms with van der Waals surface area (Å²) >= 11 is 5.94. The van der Waals surface area contributed by atoms with E-state index in [-0.39, 0.29) is 11.9 Å². The third-order valence-corrected chi connectivity index (χ3v) is 4.07. The molecule has 1 aromatic rings. The fourth-order valence-corrected chi connectivity index (χ4v) is 2.89. The van der Waals surface area contributed by atoms with E-state index >= 15 is 0 Å². The van der Waals surface area contributed by atoms with Crippen LogP contribution in [0.5, 0.6) is 5.75 Å². The van der Waals surface area contributed by atoms with Gasteiger partial charge in [-0.05, 0) is 43.4 Å². The Morgan fingerprint density at radius 2 is 2.26 bits per heavy atom. The molecule has 1 aromatic carbocycles. The van der Waals surface area contributed by atoms with E-state index in [4.69, 9.17) is 27.5 Å². The zero-order chi connectivity index (χ0) is 13.8. The SMILES string of the molecule is CCC1CCCC(Oc2ccc(Cl)cc2C(=N)N)C1. The van der Waals surface area contributed by atoms with Crippen LogP contribution in [-0.2, 0) is 0 Å². The van der Waals surface area contributed by atoms with Crippen molar-refractivity contribution in [2.75, 3.05) is 0 Å². The lowest BCUT2D eigenvalue weighted by molar-refractivity contribution is 0.122. The first-order valence-electron chi connectivity index (χ1n) is 6.90. The minimum Gasteiger partial charge on any atom is -0.490 e. The number of rotatable bonds is 4. The zero-order valence-electron chi connectivity index (χ0n) is 11.3. The smallest absolute Gasteiger partial charge is 0.130 e. The molecule has 0 spiro atoms. The third kappa shape index (κ3) is 3.63. The van der Waals surface area contributed by atoms with E-state index in [1.54, 1.807) is 12.1 Å². The molecule has 0 radical (unpaired) electrons. The van der Waals surface area contributed by atoms with Gasteiger partial charge in [0.25, 0.3) is 0 Å². The Morgan fingerprint density at radius 1 is 1.47 bits per heavy atom. The lowest BCUT2D eigenvalue weighted by Crippen LogP contribution is -2.26. The van der Waals surface area contributed by atoms with Gasteiger partial charge in [0.05, 0.1) is 11.7 Å². The summed E-state index contributed by atoms with van der Waals surface area (Å²) in [7, 11) is 0. The minimum atomic E-state index is 0.000325. The van der Waals surface area contributed by atoms with Crippen LogP contribution in [0.4, 0.5) is 0 Å². The molecule has 0 aliphatic heterocycles. The summed E-state index contributed by atoms with van der Waals surface area (Å²) in [6, 6.07) is 5.29. The number of nitrogens with two attached hydrogens (primary N) is 1. The minimum absolute atomic E-state index is 0.000325. The van der Waals surface area contributed by atoms with Gasteiger partial charge in [-0.3, -0.25) is 5.41 Å². The number of hydrogen-bond donors (Lipinski definition) is 2. The van der Waals surface area contributed by atoms with E-state index in [1.165, 1.54) is 19.3 Å². The quantitative estimate of drug-likeness (QED) is 0.647. The van der Waals surface area contributed by atoms with Crippen LogP contribution in [0.25, 0.3) is 0 Å². The highest BCUT2D eigenvalue weighted by Gasteiger charge is 2.23. The lowest BCUT2D eigenvalue weighted by Gasteiger charge is -2.29. The maximum Gasteiger partial charge on any atom is 0.130 e. The van der Waals surface area contributed by atoms with Crippen molar-refractivity contribution in [3.63, 3.8) is 0 Å². The summed E-state index contributed by atoms with van der Waals surface area (Å²) in [5, 5.41) is 8.18. The van der Waals surface area contributed by atoms with Gasteiger partial charge in [0.2, 0.25) is 0 Å². The summed E-state index contributed by atoms with van der Waals surface area (Å²) in [4.78, 5) is 0. The highest BCUT2D eigenvalue weighted by molar-refractivity contribution is 6.31. The van der Waals surface area contributed by atoms with E-state index in [9.17, 15) is 0 Å². The van der Waals surface area contributed by atoms with Crippen LogP contribution >= 0.6 is 11.6 Å². The molecule has 4 heteroatoms. The Morgan fingerprint density at radius 3 is 2.95 bits per heavy atom. The summed E-state index contributed by atoms with van der Waals surface area (Å²) in [6.07, 6.45) is 6.13. The van der Waals surface area contributed by atoms with E-state index < -0.39 is 0 Å². The Hall–Kier alpha value is -1.22. The van der Waals surface area contributed by atoms with E-state index in [0.717, 1.165) is 18.8 Å². The molecule has 0 amide bonds. The van der Waals surface area contributed by atoms with Crippen LogP contribution in [0.1, 0.15) is 44.6 Å².